The number of hydrogen-bond acceptors (Lipinski definition) is 5. The van der Waals surface area contributed by atoms with Crippen LogP contribution >= 0.6 is 0 Å². The summed E-state index contributed by atoms with van der Waals surface area (Å²) in [4.78, 5) is 17.4. The largest absolute Gasteiger partial charge is 0.481 e. The summed E-state index contributed by atoms with van der Waals surface area (Å²) in [5.41, 5.74) is 1.84. The fraction of sp³-hybridized carbons (Fsp3) is 0.483. The molecule has 3 rings (SSSR count). The molecule has 1 N–H and O–H groups in total. The number of unbranched alkanes of at least 4 members (excludes halogenated alkanes) is 9. The number of nitriles is 1. The molecule has 0 aliphatic heterocycles. The molecule has 2 aromatic carbocycles. The molecule has 0 aliphatic carbocycles. The van der Waals surface area contributed by atoms with Gasteiger partial charge in [-0.3, -0.25) is 4.79 Å². The number of nitrogens with one attached hydrogen (secondary N) is 1. The number of oxazole rings is 1. The van der Waals surface area contributed by atoms with Gasteiger partial charge in [-0.2, -0.15) is 5.26 Å². The molecule has 1 amide bonds. The van der Waals surface area contributed by atoms with Crippen LogP contribution in [-0.4, -0.2) is 17.0 Å². The predicted octanol–water partition coefficient (Wildman–Crippen LogP) is 7.59. The number of ether oxygens (including phenoxy) is 1. The van der Waals surface area contributed by atoms with Gasteiger partial charge in [0.05, 0.1) is 6.07 Å². The Bertz CT molecular complexity index is 1070. The van der Waals surface area contributed by atoms with Gasteiger partial charge in [0.2, 0.25) is 5.89 Å². The van der Waals surface area contributed by atoms with Crippen LogP contribution in [0.25, 0.3) is 11.1 Å². The van der Waals surface area contributed by atoms with E-state index in [2.05, 4.69) is 17.2 Å². The van der Waals surface area contributed by atoms with Gasteiger partial charge in [0, 0.05) is 5.69 Å². The molecule has 1 unspecified atom stereocenters. The quantitative estimate of drug-likeness (QED) is 0.216. The summed E-state index contributed by atoms with van der Waals surface area (Å²) < 4.78 is 11.6. The van der Waals surface area contributed by atoms with Gasteiger partial charge in [0.1, 0.15) is 17.7 Å². The zero-order valence-electron chi connectivity index (χ0n) is 20.8. The third kappa shape index (κ3) is 9.09. The van der Waals surface area contributed by atoms with Crippen LogP contribution < -0.4 is 10.1 Å². The topological polar surface area (TPSA) is 88.1 Å². The minimum atomic E-state index is -0.575. The van der Waals surface area contributed by atoms with Crippen molar-refractivity contribution in [3.8, 4) is 11.8 Å². The lowest BCUT2D eigenvalue weighted by atomic mass is 10.0. The van der Waals surface area contributed by atoms with E-state index in [1.54, 1.807) is 18.2 Å². The molecule has 6 heteroatoms. The standard InChI is InChI=1S/C29H37N3O3/c1-2-3-4-5-6-7-8-9-10-14-17-27(34-24-15-12-11-13-16-24)29(33)31-23-18-19-26-25(22-23)32-28(35-26)20-21-30/h11-13,15-16,18-19,22,27H,2-10,14,17,20H2,1H3,(H,31,33). The second-order valence-electron chi connectivity index (χ2n) is 9.00. The highest BCUT2D eigenvalue weighted by atomic mass is 16.5. The molecule has 35 heavy (non-hydrogen) atoms. The summed E-state index contributed by atoms with van der Waals surface area (Å²) in [5, 5.41) is 11.8. The maximum atomic E-state index is 13.1. The minimum Gasteiger partial charge on any atom is -0.481 e. The Morgan fingerprint density at radius 1 is 1.00 bits per heavy atom. The van der Waals surface area contributed by atoms with E-state index in [9.17, 15) is 4.79 Å². The van der Waals surface area contributed by atoms with E-state index in [1.165, 1.54) is 51.4 Å². The first-order chi connectivity index (χ1) is 17.2. The Balaban J connectivity index is 1.51. The number of fused-ring (bicyclic) bond motifs is 1. The highest BCUT2D eigenvalue weighted by Gasteiger charge is 2.21. The number of nitrogens with zero attached hydrogens (tertiary/aromatic N) is 2. The van der Waals surface area contributed by atoms with Crippen molar-refractivity contribution in [3.63, 3.8) is 0 Å². The Hall–Kier alpha value is -3.33. The summed E-state index contributed by atoms with van der Waals surface area (Å²) in [6.07, 6.45) is 12.7. The van der Waals surface area contributed by atoms with Crippen molar-refractivity contribution in [2.45, 2.75) is 90.1 Å². The average Bonchev–Trinajstić information content (AvgIpc) is 3.27. The number of para-hydroxylation sites is 1. The maximum Gasteiger partial charge on any atom is 0.265 e. The van der Waals surface area contributed by atoms with Gasteiger partial charge in [-0.25, -0.2) is 4.98 Å². The van der Waals surface area contributed by atoms with E-state index in [4.69, 9.17) is 14.4 Å². The SMILES string of the molecule is CCCCCCCCCCCCC(Oc1ccccc1)C(=O)Nc1ccc2oc(CC#N)nc2c1. The van der Waals surface area contributed by atoms with Gasteiger partial charge >= 0.3 is 0 Å². The van der Waals surface area contributed by atoms with Crippen molar-refractivity contribution in [1.82, 2.24) is 4.98 Å². The molecule has 0 saturated heterocycles. The van der Waals surface area contributed by atoms with E-state index in [1.807, 2.05) is 36.4 Å². The van der Waals surface area contributed by atoms with E-state index < -0.39 is 6.10 Å². The van der Waals surface area contributed by atoms with Crippen LogP contribution in [0.2, 0.25) is 0 Å². The molecular weight excluding hydrogens is 438 g/mol. The van der Waals surface area contributed by atoms with Crippen LogP contribution in [-0.2, 0) is 11.2 Å². The number of benzene rings is 2. The number of aromatic nitrogens is 1. The van der Waals surface area contributed by atoms with Crippen molar-refractivity contribution in [2.75, 3.05) is 5.32 Å². The Morgan fingerprint density at radius 2 is 1.69 bits per heavy atom. The van der Waals surface area contributed by atoms with Crippen LogP contribution in [0.1, 0.15) is 83.4 Å². The number of anilines is 1. The number of carbonyl (C=O) groups is 1. The monoisotopic (exact) mass is 475 g/mol. The smallest absolute Gasteiger partial charge is 0.265 e. The van der Waals surface area contributed by atoms with Gasteiger partial charge in [-0.05, 0) is 43.2 Å². The lowest BCUT2D eigenvalue weighted by Crippen LogP contribution is -2.33. The zero-order valence-corrected chi connectivity index (χ0v) is 20.8. The summed E-state index contributed by atoms with van der Waals surface area (Å²) >= 11 is 0. The molecule has 0 bridgehead atoms. The van der Waals surface area contributed by atoms with E-state index >= 15 is 0 Å². The number of rotatable bonds is 16. The van der Waals surface area contributed by atoms with E-state index in [-0.39, 0.29) is 12.3 Å². The number of carbonyl (C=O) groups excluding carboxylic acids is 1. The summed E-state index contributed by atoms with van der Waals surface area (Å²) in [6, 6.07) is 16.8. The molecule has 0 radical (unpaired) electrons. The zero-order chi connectivity index (χ0) is 24.7. The van der Waals surface area contributed by atoms with Crippen molar-refractivity contribution < 1.29 is 13.9 Å². The van der Waals surface area contributed by atoms with Crippen LogP contribution in [0.15, 0.2) is 52.9 Å². The summed E-state index contributed by atoms with van der Waals surface area (Å²) in [7, 11) is 0. The van der Waals surface area contributed by atoms with Crippen molar-refractivity contribution in [1.29, 1.82) is 5.26 Å². The van der Waals surface area contributed by atoms with Gasteiger partial charge in [-0.1, -0.05) is 82.9 Å². The molecule has 0 saturated carbocycles. The molecule has 1 aromatic heterocycles. The Morgan fingerprint density at radius 3 is 2.37 bits per heavy atom. The van der Waals surface area contributed by atoms with Crippen LogP contribution in [0, 0.1) is 11.3 Å². The third-order valence-corrected chi connectivity index (χ3v) is 6.06. The fourth-order valence-corrected chi connectivity index (χ4v) is 4.14. The van der Waals surface area contributed by atoms with Crippen LogP contribution in [0.5, 0.6) is 5.75 Å². The molecule has 1 heterocycles. The molecule has 3 aromatic rings. The van der Waals surface area contributed by atoms with Crippen molar-refractivity contribution in [2.24, 2.45) is 0 Å². The highest BCUT2D eigenvalue weighted by Crippen LogP contribution is 2.22. The van der Waals surface area contributed by atoms with Crippen LogP contribution in [0.3, 0.4) is 0 Å². The van der Waals surface area contributed by atoms with Crippen molar-refractivity contribution >= 4 is 22.7 Å². The normalized spacial score (nSPS) is 11.8. The lowest BCUT2D eigenvalue weighted by molar-refractivity contribution is -0.123. The fourth-order valence-electron chi connectivity index (χ4n) is 4.14. The molecule has 0 aliphatic rings. The molecule has 1 atom stereocenters. The first kappa shape index (κ1) is 26.3. The minimum absolute atomic E-state index is 0.113. The van der Waals surface area contributed by atoms with Crippen molar-refractivity contribution in [3.05, 3.63) is 54.4 Å². The van der Waals surface area contributed by atoms with Gasteiger partial charge in [0.15, 0.2) is 11.7 Å². The lowest BCUT2D eigenvalue weighted by Gasteiger charge is -2.19. The first-order valence-electron chi connectivity index (χ1n) is 13.0. The van der Waals surface area contributed by atoms with Gasteiger partial charge in [0.25, 0.3) is 5.91 Å². The van der Waals surface area contributed by atoms with E-state index in [0.29, 0.717) is 34.8 Å². The first-order valence-corrected chi connectivity index (χ1v) is 13.0. The molecule has 6 nitrogen and oxygen atoms in total. The highest BCUT2D eigenvalue weighted by molar-refractivity contribution is 5.95. The number of hydrogen-bond donors (Lipinski definition) is 1. The Labute approximate surface area is 208 Å². The maximum absolute atomic E-state index is 13.1. The molecule has 186 valence electrons. The van der Waals surface area contributed by atoms with Crippen LogP contribution in [0.4, 0.5) is 5.69 Å². The molecular formula is C29H37N3O3. The summed E-state index contributed by atoms with van der Waals surface area (Å²) in [5.74, 6) is 0.884. The third-order valence-electron chi connectivity index (χ3n) is 6.06. The average molecular weight is 476 g/mol. The summed E-state index contributed by atoms with van der Waals surface area (Å²) in [6.45, 7) is 2.25. The van der Waals surface area contributed by atoms with Gasteiger partial charge in [-0.15, -0.1) is 0 Å². The predicted molar refractivity (Wildman–Crippen MR) is 139 cm³/mol. The Kier molecular flexibility index (Phi) is 11.1. The second-order valence-corrected chi connectivity index (χ2v) is 9.00. The van der Waals surface area contributed by atoms with E-state index in [0.717, 1.165) is 12.8 Å². The molecule has 0 fully saturated rings. The molecule has 0 spiro atoms. The number of amides is 1. The second kappa shape index (κ2) is 14.8. The van der Waals surface area contributed by atoms with Gasteiger partial charge < -0.3 is 14.5 Å².